The van der Waals surface area contributed by atoms with Crippen LogP contribution < -0.4 is 5.32 Å². The lowest BCUT2D eigenvalue weighted by Gasteiger charge is -2.32. The Hall–Kier alpha value is -0.120. The van der Waals surface area contributed by atoms with Gasteiger partial charge in [-0.3, -0.25) is 0 Å². The first-order valence-corrected chi connectivity index (χ1v) is 8.38. The van der Waals surface area contributed by atoms with E-state index >= 15 is 0 Å². The molecule has 1 saturated heterocycles. The largest absolute Gasteiger partial charge is 0.313 e. The molecule has 0 aromatic carbocycles. The molecule has 0 spiro atoms. The van der Waals surface area contributed by atoms with Gasteiger partial charge in [0.1, 0.15) is 0 Å². The zero-order chi connectivity index (χ0) is 13.5. The van der Waals surface area contributed by atoms with Crippen molar-refractivity contribution in [3.63, 3.8) is 0 Å². The number of hydrogen-bond donors (Lipinski definition) is 1. The average Bonchev–Trinajstić information content (AvgIpc) is 2.44. The maximum atomic E-state index is 3.74. The molecule has 1 heterocycles. The molecule has 19 heavy (non-hydrogen) atoms. The van der Waals surface area contributed by atoms with Gasteiger partial charge in [0.05, 0.1) is 0 Å². The predicted octanol–water partition coefficient (Wildman–Crippen LogP) is 2.32. The SMILES string of the molecule is CN1CCCC(NCCCN(C)C2CCCCC2)C1. The highest BCUT2D eigenvalue weighted by Gasteiger charge is 2.18. The fourth-order valence-corrected chi connectivity index (χ4v) is 3.67. The van der Waals surface area contributed by atoms with Crippen LogP contribution in [-0.2, 0) is 0 Å². The van der Waals surface area contributed by atoms with Crippen LogP contribution >= 0.6 is 0 Å². The number of likely N-dealkylation sites (N-methyl/N-ethyl adjacent to an activating group) is 1. The summed E-state index contributed by atoms with van der Waals surface area (Å²) in [6.45, 7) is 4.97. The number of nitrogens with zero attached hydrogens (tertiary/aromatic N) is 2. The van der Waals surface area contributed by atoms with E-state index in [0.29, 0.717) is 0 Å². The van der Waals surface area contributed by atoms with Crippen molar-refractivity contribution in [2.45, 2.75) is 63.5 Å². The molecule has 2 rings (SSSR count). The molecule has 0 radical (unpaired) electrons. The van der Waals surface area contributed by atoms with Gasteiger partial charge in [-0.15, -0.1) is 0 Å². The maximum Gasteiger partial charge on any atom is 0.0195 e. The Morgan fingerprint density at radius 1 is 1.11 bits per heavy atom. The molecule has 1 atom stereocenters. The summed E-state index contributed by atoms with van der Waals surface area (Å²) in [6, 6.07) is 1.60. The minimum absolute atomic E-state index is 0.735. The Morgan fingerprint density at radius 2 is 1.89 bits per heavy atom. The van der Waals surface area contributed by atoms with Crippen LogP contribution in [0.2, 0.25) is 0 Å². The molecule has 112 valence electrons. The molecule has 1 aliphatic heterocycles. The molecular weight excluding hydrogens is 234 g/mol. The van der Waals surface area contributed by atoms with E-state index < -0.39 is 0 Å². The van der Waals surface area contributed by atoms with Gasteiger partial charge in [0, 0.05) is 18.6 Å². The molecule has 1 saturated carbocycles. The number of nitrogens with one attached hydrogen (secondary N) is 1. The van der Waals surface area contributed by atoms with Gasteiger partial charge in [-0.2, -0.15) is 0 Å². The van der Waals surface area contributed by atoms with Crippen LogP contribution in [0.25, 0.3) is 0 Å². The normalized spacial score (nSPS) is 27.0. The number of piperidine rings is 1. The third kappa shape index (κ3) is 5.41. The summed E-state index contributed by atoms with van der Waals surface area (Å²) in [6.07, 6.45) is 11.2. The van der Waals surface area contributed by atoms with Crippen molar-refractivity contribution in [2.75, 3.05) is 40.3 Å². The minimum Gasteiger partial charge on any atom is -0.313 e. The second kappa shape index (κ2) is 8.23. The van der Waals surface area contributed by atoms with Gasteiger partial charge in [0.2, 0.25) is 0 Å². The highest BCUT2D eigenvalue weighted by molar-refractivity contribution is 4.77. The lowest BCUT2D eigenvalue weighted by molar-refractivity contribution is 0.185. The maximum absolute atomic E-state index is 3.74. The van der Waals surface area contributed by atoms with Gasteiger partial charge < -0.3 is 15.1 Å². The van der Waals surface area contributed by atoms with E-state index in [9.17, 15) is 0 Å². The second-order valence-corrected chi connectivity index (χ2v) is 6.68. The fourth-order valence-electron chi connectivity index (χ4n) is 3.67. The van der Waals surface area contributed by atoms with Crippen LogP contribution in [0.4, 0.5) is 0 Å². The van der Waals surface area contributed by atoms with E-state index in [2.05, 4.69) is 29.2 Å². The molecule has 0 aromatic heterocycles. The molecule has 1 aliphatic carbocycles. The summed E-state index contributed by atoms with van der Waals surface area (Å²) in [5.74, 6) is 0. The Labute approximate surface area is 119 Å². The van der Waals surface area contributed by atoms with E-state index in [1.165, 1.54) is 77.5 Å². The highest BCUT2D eigenvalue weighted by Crippen LogP contribution is 2.21. The number of hydrogen-bond acceptors (Lipinski definition) is 3. The van der Waals surface area contributed by atoms with Crippen molar-refractivity contribution >= 4 is 0 Å². The summed E-state index contributed by atoms with van der Waals surface area (Å²) in [5.41, 5.74) is 0. The highest BCUT2D eigenvalue weighted by atomic mass is 15.1. The molecular formula is C16H33N3. The molecule has 1 N–H and O–H groups in total. The Kier molecular flexibility index (Phi) is 6.62. The first kappa shape index (κ1) is 15.3. The number of likely N-dealkylation sites (tertiary alicyclic amines) is 1. The Balaban J connectivity index is 1.53. The fraction of sp³-hybridized carbons (Fsp3) is 1.00. The summed E-state index contributed by atoms with van der Waals surface area (Å²) >= 11 is 0. The summed E-state index contributed by atoms with van der Waals surface area (Å²) in [5, 5.41) is 3.74. The minimum atomic E-state index is 0.735. The zero-order valence-electron chi connectivity index (χ0n) is 13.0. The third-order valence-corrected chi connectivity index (χ3v) is 4.94. The smallest absolute Gasteiger partial charge is 0.0195 e. The van der Waals surface area contributed by atoms with Crippen LogP contribution in [0.3, 0.4) is 0 Å². The van der Waals surface area contributed by atoms with Gasteiger partial charge in [-0.25, -0.2) is 0 Å². The molecule has 3 heteroatoms. The molecule has 1 unspecified atom stereocenters. The second-order valence-electron chi connectivity index (χ2n) is 6.68. The van der Waals surface area contributed by atoms with Gasteiger partial charge in [-0.1, -0.05) is 19.3 Å². The van der Waals surface area contributed by atoms with Crippen LogP contribution in [-0.4, -0.2) is 62.2 Å². The van der Waals surface area contributed by atoms with Gasteiger partial charge in [0.25, 0.3) is 0 Å². The molecule has 2 fully saturated rings. The van der Waals surface area contributed by atoms with Crippen molar-refractivity contribution in [3.8, 4) is 0 Å². The van der Waals surface area contributed by atoms with Crippen molar-refractivity contribution in [3.05, 3.63) is 0 Å². The van der Waals surface area contributed by atoms with Crippen molar-refractivity contribution in [1.82, 2.24) is 15.1 Å². The molecule has 0 bridgehead atoms. The van der Waals surface area contributed by atoms with Gasteiger partial charge in [-0.05, 0) is 65.8 Å². The Morgan fingerprint density at radius 3 is 2.63 bits per heavy atom. The summed E-state index contributed by atoms with van der Waals surface area (Å²) in [4.78, 5) is 5.06. The van der Waals surface area contributed by atoms with E-state index in [0.717, 1.165) is 12.1 Å². The zero-order valence-corrected chi connectivity index (χ0v) is 13.0. The van der Waals surface area contributed by atoms with E-state index in [4.69, 9.17) is 0 Å². The van der Waals surface area contributed by atoms with Gasteiger partial charge >= 0.3 is 0 Å². The van der Waals surface area contributed by atoms with Crippen molar-refractivity contribution in [1.29, 1.82) is 0 Å². The average molecular weight is 267 g/mol. The topological polar surface area (TPSA) is 18.5 Å². The van der Waals surface area contributed by atoms with Crippen molar-refractivity contribution in [2.24, 2.45) is 0 Å². The first-order chi connectivity index (χ1) is 9.25. The summed E-state index contributed by atoms with van der Waals surface area (Å²) in [7, 11) is 4.56. The van der Waals surface area contributed by atoms with Crippen molar-refractivity contribution < 1.29 is 0 Å². The molecule has 0 amide bonds. The van der Waals surface area contributed by atoms with E-state index in [-0.39, 0.29) is 0 Å². The van der Waals surface area contributed by atoms with Crippen LogP contribution in [0.5, 0.6) is 0 Å². The summed E-state index contributed by atoms with van der Waals surface area (Å²) < 4.78 is 0. The predicted molar refractivity (Wildman–Crippen MR) is 82.6 cm³/mol. The third-order valence-electron chi connectivity index (χ3n) is 4.94. The molecule has 0 aromatic rings. The monoisotopic (exact) mass is 267 g/mol. The van der Waals surface area contributed by atoms with Gasteiger partial charge in [0.15, 0.2) is 0 Å². The quantitative estimate of drug-likeness (QED) is 0.745. The molecule has 3 nitrogen and oxygen atoms in total. The molecule has 2 aliphatic rings. The first-order valence-electron chi connectivity index (χ1n) is 8.38. The van der Waals surface area contributed by atoms with Crippen LogP contribution in [0.15, 0.2) is 0 Å². The van der Waals surface area contributed by atoms with E-state index in [1.807, 2.05) is 0 Å². The number of rotatable bonds is 6. The van der Waals surface area contributed by atoms with Crippen LogP contribution in [0.1, 0.15) is 51.4 Å². The Bertz CT molecular complexity index is 238. The lowest BCUT2D eigenvalue weighted by Crippen LogP contribution is -2.44. The van der Waals surface area contributed by atoms with Crippen LogP contribution in [0, 0.1) is 0 Å². The lowest BCUT2D eigenvalue weighted by atomic mass is 9.94. The standard InChI is InChI=1S/C16H33N3/c1-18-12-6-8-15(14-18)17-11-7-13-19(2)16-9-4-3-5-10-16/h15-17H,3-14H2,1-2H3. The van der Waals surface area contributed by atoms with E-state index in [1.54, 1.807) is 0 Å².